The Kier molecular flexibility index (Phi) is 5.63. The van der Waals surface area contributed by atoms with Crippen LogP contribution in [0.4, 0.5) is 0 Å². The van der Waals surface area contributed by atoms with E-state index >= 15 is 0 Å². The maximum atomic E-state index is 10.8. The van der Waals surface area contributed by atoms with Gasteiger partial charge in [0.25, 0.3) is 0 Å². The summed E-state index contributed by atoms with van der Waals surface area (Å²) in [5.41, 5.74) is 0. The van der Waals surface area contributed by atoms with Crippen molar-refractivity contribution in [3.63, 3.8) is 0 Å². The lowest BCUT2D eigenvalue weighted by Gasteiger charge is -1.98. The van der Waals surface area contributed by atoms with Gasteiger partial charge in [-0.3, -0.25) is 4.79 Å². The van der Waals surface area contributed by atoms with Crippen LogP contribution >= 0.6 is 24.8 Å². The van der Waals surface area contributed by atoms with Crippen LogP contribution < -0.4 is 5.32 Å². The Labute approximate surface area is 71.8 Å². The minimum Gasteiger partial charge on any atom is -0.312 e. The minimum absolute atomic E-state index is 0.0400. The minimum atomic E-state index is -0.0400. The number of rotatable bonds is 3. The average molecular weight is 177 g/mol. The zero-order chi connectivity index (χ0) is 7.98. The van der Waals surface area contributed by atoms with E-state index in [1.54, 1.807) is 0 Å². The maximum Gasteiger partial charge on any atom is 0.225 e. The van der Waals surface area contributed by atoms with Gasteiger partial charge in [0.2, 0.25) is 5.91 Å². The lowest BCUT2D eigenvalue weighted by Crippen LogP contribution is -2.24. The molecule has 0 aliphatic rings. The summed E-state index contributed by atoms with van der Waals surface area (Å²) in [6, 6.07) is 0. The molecule has 10 heavy (non-hydrogen) atoms. The van der Waals surface area contributed by atoms with Gasteiger partial charge in [-0.2, -0.15) is 0 Å². The van der Waals surface area contributed by atoms with Crippen LogP contribution in [-0.4, -0.2) is 10.2 Å². The molecule has 0 aromatic carbocycles. The lowest BCUT2D eigenvalue weighted by molar-refractivity contribution is -0.119. The van der Waals surface area contributed by atoms with E-state index in [2.05, 4.69) is 30.2 Å². The third-order valence-corrected chi connectivity index (χ3v) is 1.22. The third kappa shape index (κ3) is 6.04. The van der Waals surface area contributed by atoms with Crippen molar-refractivity contribution in [2.45, 2.75) is 26.2 Å². The number of carbonyl (C=O) groups is 1. The summed E-state index contributed by atoms with van der Waals surface area (Å²) in [4.78, 5) is 10.8. The number of nitrogens with one attached hydrogen (secondary N) is 1. The van der Waals surface area contributed by atoms with Gasteiger partial charge in [0.15, 0.2) is 0 Å². The van der Waals surface area contributed by atoms with E-state index in [0.29, 0.717) is 6.42 Å². The summed E-state index contributed by atoms with van der Waals surface area (Å²) in [7, 11) is 0. The Bertz CT molecular complexity index is 136. The van der Waals surface area contributed by atoms with Crippen molar-refractivity contribution in [2.75, 3.05) is 0 Å². The zero-order valence-electron chi connectivity index (χ0n) is 5.89. The van der Waals surface area contributed by atoms with E-state index in [9.17, 15) is 4.79 Å². The van der Waals surface area contributed by atoms with Crippen LogP contribution in [-0.2, 0) is 4.79 Å². The van der Waals surface area contributed by atoms with Gasteiger partial charge in [-0.1, -0.05) is 25.6 Å². The molecule has 0 rings (SSSR count). The Morgan fingerprint density at radius 1 is 1.70 bits per heavy atom. The molecule has 0 radical (unpaired) electrons. The highest BCUT2D eigenvalue weighted by atomic mass is 32.1. The highest BCUT2D eigenvalue weighted by molar-refractivity contribution is 8.11. The number of amides is 1. The molecule has 0 unspecified atom stereocenters. The molecule has 0 saturated carbocycles. The van der Waals surface area contributed by atoms with Crippen LogP contribution in [0.1, 0.15) is 26.2 Å². The second-order valence-electron chi connectivity index (χ2n) is 1.96. The first-order chi connectivity index (χ1) is 4.66. The van der Waals surface area contributed by atoms with Crippen molar-refractivity contribution in [3.8, 4) is 0 Å². The quantitative estimate of drug-likeness (QED) is 0.505. The molecule has 1 amide bonds. The van der Waals surface area contributed by atoms with Gasteiger partial charge in [0, 0.05) is 6.42 Å². The predicted octanol–water partition coefficient (Wildman–Crippen LogP) is 1.51. The molecule has 0 saturated heterocycles. The summed E-state index contributed by atoms with van der Waals surface area (Å²) in [6.45, 7) is 2.03. The molecule has 58 valence electrons. The monoisotopic (exact) mass is 177 g/mol. The fourth-order valence-electron chi connectivity index (χ4n) is 0.519. The molecule has 0 fully saturated rings. The highest BCUT2D eigenvalue weighted by Crippen LogP contribution is 1.93. The molecular weight excluding hydrogens is 166 g/mol. The molecule has 0 heterocycles. The second kappa shape index (κ2) is 5.68. The molecule has 4 heteroatoms. The number of carbonyl (C=O) groups excluding carboxylic acids is 1. The SMILES string of the molecule is CCCCC(=O)NC(=S)S. The van der Waals surface area contributed by atoms with Crippen LogP contribution in [0.2, 0.25) is 0 Å². The van der Waals surface area contributed by atoms with Crippen LogP contribution in [0.15, 0.2) is 0 Å². The second-order valence-corrected chi connectivity index (χ2v) is 3.11. The number of hydrogen-bond donors (Lipinski definition) is 2. The molecule has 1 N–H and O–H groups in total. The average Bonchev–Trinajstić information content (AvgIpc) is 1.82. The van der Waals surface area contributed by atoms with E-state index in [1.807, 2.05) is 6.92 Å². The van der Waals surface area contributed by atoms with Crippen molar-refractivity contribution >= 4 is 35.1 Å². The summed E-state index contributed by atoms with van der Waals surface area (Å²) in [6.07, 6.45) is 2.46. The van der Waals surface area contributed by atoms with Crippen molar-refractivity contribution < 1.29 is 4.79 Å². The van der Waals surface area contributed by atoms with Crippen LogP contribution in [0, 0.1) is 0 Å². The van der Waals surface area contributed by atoms with Gasteiger partial charge in [-0.15, -0.1) is 12.6 Å². The molecule has 0 bridgehead atoms. The third-order valence-electron chi connectivity index (χ3n) is 1.00. The Balaban J connectivity index is 3.35. The normalized spacial score (nSPS) is 9.00. The maximum absolute atomic E-state index is 10.8. The van der Waals surface area contributed by atoms with Gasteiger partial charge in [0.05, 0.1) is 0 Å². The first-order valence-corrected chi connectivity index (χ1v) is 4.05. The smallest absolute Gasteiger partial charge is 0.225 e. The van der Waals surface area contributed by atoms with Gasteiger partial charge in [-0.25, -0.2) is 0 Å². The Hall–Kier alpha value is -0.0900. The summed E-state index contributed by atoms with van der Waals surface area (Å²) in [5.74, 6) is -0.0400. The van der Waals surface area contributed by atoms with E-state index in [4.69, 9.17) is 0 Å². The van der Waals surface area contributed by atoms with Gasteiger partial charge in [-0.05, 0) is 6.42 Å². The molecule has 0 aromatic rings. The first-order valence-electron chi connectivity index (χ1n) is 3.19. The van der Waals surface area contributed by atoms with Crippen molar-refractivity contribution in [3.05, 3.63) is 0 Å². The summed E-state index contributed by atoms with van der Waals surface area (Å²) < 4.78 is 0.251. The number of thiocarbonyl (C=S) groups is 1. The fraction of sp³-hybridized carbons (Fsp3) is 0.667. The standard InChI is InChI=1S/C6H11NOS2/c1-2-3-4-5(8)7-6(9)10/h2-4H2,1H3,(H2,7,8,9,10). The van der Waals surface area contributed by atoms with E-state index in [0.717, 1.165) is 12.8 Å². The molecule has 0 aliphatic heterocycles. The largest absolute Gasteiger partial charge is 0.312 e. The fourth-order valence-corrected chi connectivity index (χ4v) is 0.758. The Morgan fingerprint density at radius 2 is 2.30 bits per heavy atom. The Morgan fingerprint density at radius 3 is 2.70 bits per heavy atom. The number of hydrogen-bond acceptors (Lipinski definition) is 2. The van der Waals surface area contributed by atoms with Crippen LogP contribution in [0.5, 0.6) is 0 Å². The van der Waals surface area contributed by atoms with Crippen LogP contribution in [0.25, 0.3) is 0 Å². The summed E-state index contributed by atoms with van der Waals surface area (Å²) in [5, 5.41) is 2.43. The highest BCUT2D eigenvalue weighted by Gasteiger charge is 1.98. The molecule has 0 aliphatic carbocycles. The predicted molar refractivity (Wildman–Crippen MR) is 49.3 cm³/mol. The van der Waals surface area contributed by atoms with Gasteiger partial charge in [0.1, 0.15) is 4.32 Å². The van der Waals surface area contributed by atoms with Gasteiger partial charge < -0.3 is 5.32 Å². The summed E-state index contributed by atoms with van der Waals surface area (Å²) >= 11 is 8.31. The zero-order valence-corrected chi connectivity index (χ0v) is 7.60. The van der Waals surface area contributed by atoms with E-state index in [1.165, 1.54) is 0 Å². The molecule has 0 aromatic heterocycles. The molecular formula is C6H11NOS2. The topological polar surface area (TPSA) is 29.1 Å². The number of thiol groups is 1. The van der Waals surface area contributed by atoms with E-state index < -0.39 is 0 Å². The van der Waals surface area contributed by atoms with Crippen LogP contribution in [0.3, 0.4) is 0 Å². The first kappa shape index (κ1) is 9.91. The van der Waals surface area contributed by atoms with Crippen molar-refractivity contribution in [2.24, 2.45) is 0 Å². The molecule has 0 spiro atoms. The molecule has 2 nitrogen and oxygen atoms in total. The van der Waals surface area contributed by atoms with Crippen molar-refractivity contribution in [1.82, 2.24) is 5.32 Å². The lowest BCUT2D eigenvalue weighted by atomic mass is 10.2. The number of unbranched alkanes of at least 4 members (excludes halogenated alkanes) is 1. The van der Waals surface area contributed by atoms with E-state index in [-0.39, 0.29) is 10.2 Å². The molecule has 0 atom stereocenters. The van der Waals surface area contributed by atoms with Crippen molar-refractivity contribution in [1.29, 1.82) is 0 Å². The van der Waals surface area contributed by atoms with Gasteiger partial charge >= 0.3 is 0 Å².